The first-order chi connectivity index (χ1) is 13.6. The fourth-order valence-corrected chi connectivity index (χ4v) is 3.26. The van der Waals surface area contributed by atoms with Crippen molar-refractivity contribution in [3.8, 4) is 22.7 Å². The number of hydrogen-bond acceptors (Lipinski definition) is 2. The first kappa shape index (κ1) is 18.4. The van der Waals surface area contributed by atoms with Crippen LogP contribution in [-0.4, -0.2) is 16.4 Å². The monoisotopic (exact) mass is 398 g/mol. The second-order valence-electron chi connectivity index (χ2n) is 6.35. The molecule has 0 aliphatic heterocycles. The third-order valence-corrected chi connectivity index (χ3v) is 4.72. The number of nitrogens with zero attached hydrogens (tertiary/aromatic N) is 2. The smallest absolute Gasteiger partial charge is 0.387 e. The van der Waals surface area contributed by atoms with E-state index in [4.69, 9.17) is 16.7 Å². The van der Waals surface area contributed by atoms with Crippen molar-refractivity contribution >= 4 is 17.2 Å². The lowest BCUT2D eigenvalue weighted by atomic mass is 9.97. The van der Waals surface area contributed by atoms with Crippen molar-refractivity contribution in [2.24, 2.45) is 0 Å². The highest BCUT2D eigenvalue weighted by molar-refractivity contribution is 6.30. The predicted molar refractivity (Wildman–Crippen MR) is 107 cm³/mol. The van der Waals surface area contributed by atoms with E-state index in [1.54, 1.807) is 16.8 Å². The molecule has 1 aromatic heterocycles. The van der Waals surface area contributed by atoms with Crippen LogP contribution in [0.3, 0.4) is 0 Å². The molecule has 0 amide bonds. The summed E-state index contributed by atoms with van der Waals surface area (Å²) >= 11 is 5.99. The van der Waals surface area contributed by atoms with Crippen molar-refractivity contribution < 1.29 is 13.5 Å². The minimum Gasteiger partial charge on any atom is -0.435 e. The quantitative estimate of drug-likeness (QED) is 0.488. The summed E-state index contributed by atoms with van der Waals surface area (Å²) in [6.07, 6.45) is 10.4. The van der Waals surface area contributed by atoms with E-state index < -0.39 is 6.61 Å². The Morgan fingerprint density at radius 3 is 2.39 bits per heavy atom. The summed E-state index contributed by atoms with van der Waals surface area (Å²) in [5, 5.41) is 5.41. The van der Waals surface area contributed by atoms with Gasteiger partial charge in [0.05, 0.1) is 5.69 Å². The van der Waals surface area contributed by atoms with Crippen LogP contribution in [0.2, 0.25) is 5.02 Å². The SMILES string of the molecule is FC(F)Oc1ccc(-c2nn(-c3ccc(Cl)cc3)cc2C2=CCCC=C2)cc1. The van der Waals surface area contributed by atoms with Gasteiger partial charge in [0, 0.05) is 22.3 Å². The molecule has 6 heteroatoms. The molecular formula is C22H17ClF2N2O. The molecule has 0 atom stereocenters. The number of alkyl halides is 2. The van der Waals surface area contributed by atoms with Crippen molar-refractivity contribution in [3.63, 3.8) is 0 Å². The van der Waals surface area contributed by atoms with Crippen molar-refractivity contribution in [2.45, 2.75) is 19.5 Å². The molecule has 3 nitrogen and oxygen atoms in total. The van der Waals surface area contributed by atoms with Crippen LogP contribution in [0.25, 0.3) is 22.5 Å². The molecular weight excluding hydrogens is 382 g/mol. The molecule has 142 valence electrons. The molecule has 0 fully saturated rings. The Kier molecular flexibility index (Phi) is 5.26. The second-order valence-corrected chi connectivity index (χ2v) is 6.79. The van der Waals surface area contributed by atoms with E-state index in [0.29, 0.717) is 5.02 Å². The third-order valence-electron chi connectivity index (χ3n) is 4.46. The van der Waals surface area contributed by atoms with Gasteiger partial charge in [0.25, 0.3) is 0 Å². The van der Waals surface area contributed by atoms with Gasteiger partial charge in [0.1, 0.15) is 11.4 Å². The normalized spacial score (nSPS) is 13.6. The average molecular weight is 399 g/mol. The average Bonchev–Trinajstić information content (AvgIpc) is 3.15. The molecule has 2 aromatic carbocycles. The summed E-state index contributed by atoms with van der Waals surface area (Å²) in [4.78, 5) is 0. The molecule has 0 saturated heterocycles. The Morgan fingerprint density at radius 1 is 1.00 bits per heavy atom. The maximum Gasteiger partial charge on any atom is 0.387 e. The Bertz CT molecular complexity index is 1020. The summed E-state index contributed by atoms with van der Waals surface area (Å²) < 4.78 is 31.1. The molecule has 0 bridgehead atoms. The lowest BCUT2D eigenvalue weighted by molar-refractivity contribution is -0.0498. The molecule has 3 aromatic rings. The highest BCUT2D eigenvalue weighted by Crippen LogP contribution is 2.32. The topological polar surface area (TPSA) is 27.1 Å². The van der Waals surface area contributed by atoms with Crippen LogP contribution in [0.15, 0.2) is 73.0 Å². The van der Waals surface area contributed by atoms with Gasteiger partial charge in [0.15, 0.2) is 0 Å². The van der Waals surface area contributed by atoms with Crippen molar-refractivity contribution in [2.75, 3.05) is 0 Å². The Morgan fingerprint density at radius 2 is 1.75 bits per heavy atom. The Labute approximate surface area is 166 Å². The van der Waals surface area contributed by atoms with Crippen LogP contribution in [0.5, 0.6) is 5.75 Å². The molecule has 0 N–H and O–H groups in total. The van der Waals surface area contributed by atoms with E-state index in [-0.39, 0.29) is 5.75 Å². The molecule has 28 heavy (non-hydrogen) atoms. The van der Waals surface area contributed by atoms with Crippen LogP contribution >= 0.6 is 11.6 Å². The number of benzene rings is 2. The van der Waals surface area contributed by atoms with Crippen molar-refractivity contribution in [1.82, 2.24) is 9.78 Å². The van der Waals surface area contributed by atoms with Gasteiger partial charge in [-0.1, -0.05) is 29.8 Å². The van der Waals surface area contributed by atoms with Crippen molar-refractivity contribution in [3.05, 3.63) is 83.5 Å². The first-order valence-electron chi connectivity index (χ1n) is 8.88. The molecule has 0 spiro atoms. The van der Waals surface area contributed by atoms with E-state index in [0.717, 1.165) is 40.9 Å². The summed E-state index contributed by atoms with van der Waals surface area (Å²) in [7, 11) is 0. The van der Waals surface area contributed by atoms with E-state index in [9.17, 15) is 8.78 Å². The number of rotatable bonds is 5. The standard InChI is InChI=1S/C22H17ClF2N2O/c23-17-8-10-18(11-9-17)27-14-20(15-4-2-1-3-5-15)21(26-27)16-6-12-19(13-7-16)28-22(24)25/h2,4-14,22H,1,3H2. The molecule has 1 heterocycles. The predicted octanol–water partition coefficient (Wildman–Crippen LogP) is 6.53. The van der Waals surface area contributed by atoms with E-state index >= 15 is 0 Å². The summed E-state index contributed by atoms with van der Waals surface area (Å²) in [5.41, 5.74) is 4.55. The molecule has 1 aliphatic rings. The summed E-state index contributed by atoms with van der Waals surface area (Å²) in [6.45, 7) is -2.84. The number of halogens is 3. The zero-order valence-electron chi connectivity index (χ0n) is 14.9. The zero-order valence-corrected chi connectivity index (χ0v) is 15.6. The minimum absolute atomic E-state index is 0.120. The maximum absolute atomic E-state index is 12.4. The number of ether oxygens (including phenoxy) is 1. The molecule has 4 rings (SSSR count). The number of aromatic nitrogens is 2. The van der Waals surface area contributed by atoms with Crippen molar-refractivity contribution in [1.29, 1.82) is 0 Å². The second kappa shape index (κ2) is 7.98. The number of allylic oxidation sites excluding steroid dienone is 4. The third kappa shape index (κ3) is 3.99. The van der Waals surface area contributed by atoms with Crippen LogP contribution in [-0.2, 0) is 0 Å². The molecule has 0 radical (unpaired) electrons. The summed E-state index contributed by atoms with van der Waals surface area (Å²) in [6, 6.07) is 13.9. The Hall–Kier alpha value is -2.92. The largest absolute Gasteiger partial charge is 0.435 e. The highest BCUT2D eigenvalue weighted by Gasteiger charge is 2.16. The molecule has 0 saturated carbocycles. The summed E-state index contributed by atoms with van der Waals surface area (Å²) in [5.74, 6) is 0.120. The van der Waals surface area contributed by atoms with Gasteiger partial charge in [-0.05, 0) is 66.9 Å². The zero-order chi connectivity index (χ0) is 19.5. The van der Waals surface area contributed by atoms with Gasteiger partial charge < -0.3 is 4.74 Å². The molecule has 1 aliphatic carbocycles. The maximum atomic E-state index is 12.4. The van der Waals surface area contributed by atoms with E-state index in [1.165, 1.54) is 12.1 Å². The van der Waals surface area contributed by atoms with E-state index in [2.05, 4.69) is 23.0 Å². The van der Waals surface area contributed by atoms with Crippen LogP contribution in [0, 0.1) is 0 Å². The van der Waals surface area contributed by atoms with Crippen LogP contribution in [0.1, 0.15) is 18.4 Å². The van der Waals surface area contributed by atoms with Crippen LogP contribution in [0.4, 0.5) is 8.78 Å². The fraction of sp³-hybridized carbons (Fsp3) is 0.136. The minimum atomic E-state index is -2.84. The van der Waals surface area contributed by atoms with Gasteiger partial charge >= 0.3 is 6.61 Å². The lowest BCUT2D eigenvalue weighted by Crippen LogP contribution is -2.01. The fourth-order valence-electron chi connectivity index (χ4n) is 3.13. The highest BCUT2D eigenvalue weighted by atomic mass is 35.5. The van der Waals surface area contributed by atoms with Gasteiger partial charge in [-0.3, -0.25) is 0 Å². The lowest BCUT2D eigenvalue weighted by Gasteiger charge is -2.08. The van der Waals surface area contributed by atoms with Gasteiger partial charge in [-0.2, -0.15) is 13.9 Å². The Balaban J connectivity index is 1.77. The first-order valence-corrected chi connectivity index (χ1v) is 9.26. The van der Waals surface area contributed by atoms with Crippen LogP contribution < -0.4 is 4.74 Å². The van der Waals surface area contributed by atoms with Gasteiger partial charge in [-0.25, -0.2) is 4.68 Å². The number of hydrogen-bond donors (Lipinski definition) is 0. The van der Waals surface area contributed by atoms with Gasteiger partial charge in [-0.15, -0.1) is 0 Å². The van der Waals surface area contributed by atoms with Gasteiger partial charge in [0.2, 0.25) is 0 Å². The molecule has 0 unspecified atom stereocenters. The van der Waals surface area contributed by atoms with E-state index in [1.807, 2.05) is 30.5 Å².